The van der Waals surface area contributed by atoms with E-state index in [1.54, 1.807) is 24.3 Å². The second-order valence-electron chi connectivity index (χ2n) is 4.47. The second-order valence-corrected chi connectivity index (χ2v) is 4.47. The van der Waals surface area contributed by atoms with Crippen LogP contribution in [0, 0.1) is 10.1 Å². The minimum Gasteiger partial charge on any atom is -0.496 e. The fourth-order valence-corrected chi connectivity index (χ4v) is 1.93. The smallest absolute Gasteiger partial charge is 0.271 e. The number of nitro groups is 1. The molecule has 0 saturated carbocycles. The molecule has 0 aliphatic heterocycles. The number of nitro benzene ring substituents is 1. The SMILES string of the molecule is COc1ccccc1C(=O)/C=C/c1ccc([N+](=O)[O-])cc1N. The van der Waals surface area contributed by atoms with Crippen LogP contribution >= 0.6 is 0 Å². The van der Waals surface area contributed by atoms with Gasteiger partial charge in [-0.05, 0) is 35.9 Å². The maximum Gasteiger partial charge on any atom is 0.271 e. The quantitative estimate of drug-likeness (QED) is 0.301. The number of nitrogen functional groups attached to an aromatic ring is 1. The summed E-state index contributed by atoms with van der Waals surface area (Å²) < 4.78 is 5.13. The Morgan fingerprint density at radius 2 is 2.00 bits per heavy atom. The fraction of sp³-hybridized carbons (Fsp3) is 0.0625. The van der Waals surface area contributed by atoms with Gasteiger partial charge in [-0.3, -0.25) is 14.9 Å². The molecule has 6 heteroatoms. The first-order valence-electron chi connectivity index (χ1n) is 6.42. The third-order valence-corrected chi connectivity index (χ3v) is 3.07. The van der Waals surface area contributed by atoms with Crippen LogP contribution in [-0.2, 0) is 0 Å². The van der Waals surface area contributed by atoms with Gasteiger partial charge in [-0.2, -0.15) is 0 Å². The molecule has 0 radical (unpaired) electrons. The summed E-state index contributed by atoms with van der Waals surface area (Å²) in [6.45, 7) is 0. The van der Waals surface area contributed by atoms with E-state index in [1.807, 2.05) is 0 Å². The maximum atomic E-state index is 12.2. The van der Waals surface area contributed by atoms with E-state index in [2.05, 4.69) is 0 Å². The lowest BCUT2D eigenvalue weighted by Crippen LogP contribution is -1.99. The molecule has 6 nitrogen and oxygen atoms in total. The van der Waals surface area contributed by atoms with Crippen LogP contribution in [0.3, 0.4) is 0 Å². The summed E-state index contributed by atoms with van der Waals surface area (Å²) in [7, 11) is 1.49. The Bertz CT molecular complexity index is 754. The molecule has 0 amide bonds. The summed E-state index contributed by atoms with van der Waals surface area (Å²) >= 11 is 0. The Labute approximate surface area is 127 Å². The normalized spacial score (nSPS) is 10.6. The van der Waals surface area contributed by atoms with E-state index in [9.17, 15) is 14.9 Å². The van der Waals surface area contributed by atoms with Gasteiger partial charge >= 0.3 is 0 Å². The van der Waals surface area contributed by atoms with Crippen molar-refractivity contribution in [2.75, 3.05) is 12.8 Å². The number of carbonyl (C=O) groups excluding carboxylic acids is 1. The van der Waals surface area contributed by atoms with Crippen LogP contribution in [0.15, 0.2) is 48.5 Å². The number of non-ortho nitro benzene ring substituents is 1. The van der Waals surface area contributed by atoms with Crippen molar-refractivity contribution in [3.63, 3.8) is 0 Å². The number of para-hydroxylation sites is 1. The van der Waals surface area contributed by atoms with Gasteiger partial charge in [-0.1, -0.05) is 12.1 Å². The molecule has 0 fully saturated rings. The number of hydrogen-bond acceptors (Lipinski definition) is 5. The fourth-order valence-electron chi connectivity index (χ4n) is 1.93. The number of benzene rings is 2. The van der Waals surface area contributed by atoms with E-state index < -0.39 is 4.92 Å². The molecule has 2 aromatic carbocycles. The number of allylic oxidation sites excluding steroid dienone is 1. The minimum atomic E-state index is -0.524. The van der Waals surface area contributed by atoms with Crippen LogP contribution in [0.5, 0.6) is 5.75 Å². The summed E-state index contributed by atoms with van der Waals surface area (Å²) in [6, 6.07) is 11.0. The average Bonchev–Trinajstić information content (AvgIpc) is 2.53. The van der Waals surface area contributed by atoms with E-state index in [4.69, 9.17) is 10.5 Å². The summed E-state index contributed by atoms with van der Waals surface area (Å²) in [6.07, 6.45) is 2.88. The number of nitrogens with two attached hydrogens (primary N) is 1. The first-order chi connectivity index (χ1) is 10.5. The number of hydrogen-bond donors (Lipinski definition) is 1. The lowest BCUT2D eigenvalue weighted by Gasteiger charge is -2.04. The molecule has 0 aliphatic rings. The zero-order valence-corrected chi connectivity index (χ0v) is 11.9. The summed E-state index contributed by atoms with van der Waals surface area (Å²) in [5.74, 6) is 0.240. The minimum absolute atomic E-state index is 0.0919. The zero-order chi connectivity index (χ0) is 16.1. The van der Waals surface area contributed by atoms with Crippen molar-refractivity contribution in [2.45, 2.75) is 0 Å². The molecule has 0 heterocycles. The van der Waals surface area contributed by atoms with Gasteiger partial charge in [0, 0.05) is 17.8 Å². The summed E-state index contributed by atoms with van der Waals surface area (Å²) in [4.78, 5) is 22.3. The Hall–Kier alpha value is -3.15. The molecule has 0 atom stereocenters. The monoisotopic (exact) mass is 298 g/mol. The molecule has 0 bridgehead atoms. The number of methoxy groups -OCH3 is 1. The Balaban J connectivity index is 2.25. The molecule has 0 spiro atoms. The van der Waals surface area contributed by atoms with Crippen LogP contribution in [0.4, 0.5) is 11.4 Å². The van der Waals surface area contributed by atoms with Crippen molar-refractivity contribution in [1.82, 2.24) is 0 Å². The number of ketones is 1. The molecule has 0 aliphatic carbocycles. The molecular weight excluding hydrogens is 284 g/mol. The van der Waals surface area contributed by atoms with Gasteiger partial charge in [0.1, 0.15) is 5.75 Å². The highest BCUT2D eigenvalue weighted by molar-refractivity contribution is 6.08. The Kier molecular flexibility index (Phi) is 4.53. The van der Waals surface area contributed by atoms with E-state index in [0.29, 0.717) is 16.9 Å². The maximum absolute atomic E-state index is 12.2. The topological polar surface area (TPSA) is 95.5 Å². The largest absolute Gasteiger partial charge is 0.496 e. The summed E-state index contributed by atoms with van der Waals surface area (Å²) in [5, 5.41) is 10.7. The van der Waals surface area contributed by atoms with Gasteiger partial charge in [-0.15, -0.1) is 0 Å². The molecule has 2 N–H and O–H groups in total. The highest BCUT2D eigenvalue weighted by Crippen LogP contribution is 2.22. The standard InChI is InChI=1S/C16H14N2O4/c1-22-16-5-3-2-4-13(16)15(19)9-7-11-6-8-12(18(20)21)10-14(11)17/h2-10H,17H2,1H3/b9-7+. The number of nitrogens with zero attached hydrogens (tertiary/aromatic N) is 1. The van der Waals surface area contributed by atoms with Crippen LogP contribution in [-0.4, -0.2) is 17.8 Å². The molecule has 0 unspecified atom stereocenters. The van der Waals surface area contributed by atoms with E-state index >= 15 is 0 Å². The zero-order valence-electron chi connectivity index (χ0n) is 11.9. The van der Waals surface area contributed by atoms with E-state index in [0.717, 1.165) is 0 Å². The van der Waals surface area contributed by atoms with Crippen LogP contribution in [0.25, 0.3) is 6.08 Å². The number of ether oxygens (including phenoxy) is 1. The average molecular weight is 298 g/mol. The van der Waals surface area contributed by atoms with Crippen molar-refractivity contribution in [1.29, 1.82) is 0 Å². The third-order valence-electron chi connectivity index (χ3n) is 3.07. The van der Waals surface area contributed by atoms with Gasteiger partial charge in [0.25, 0.3) is 5.69 Å². The molecule has 22 heavy (non-hydrogen) atoms. The number of rotatable bonds is 5. The highest BCUT2D eigenvalue weighted by Gasteiger charge is 2.10. The summed E-state index contributed by atoms with van der Waals surface area (Å²) in [5.41, 5.74) is 6.86. The first-order valence-corrected chi connectivity index (χ1v) is 6.42. The van der Waals surface area contributed by atoms with Crippen molar-refractivity contribution < 1.29 is 14.5 Å². The Morgan fingerprint density at radius 1 is 1.27 bits per heavy atom. The molecule has 2 rings (SSSR count). The second kappa shape index (κ2) is 6.53. The van der Waals surface area contributed by atoms with Gasteiger partial charge in [0.2, 0.25) is 0 Å². The van der Waals surface area contributed by atoms with Gasteiger partial charge in [-0.25, -0.2) is 0 Å². The highest BCUT2D eigenvalue weighted by atomic mass is 16.6. The Morgan fingerprint density at radius 3 is 2.64 bits per heavy atom. The van der Waals surface area contributed by atoms with Crippen LogP contribution in [0.2, 0.25) is 0 Å². The number of carbonyl (C=O) groups is 1. The van der Waals surface area contributed by atoms with E-state index in [1.165, 1.54) is 37.5 Å². The third kappa shape index (κ3) is 3.29. The van der Waals surface area contributed by atoms with Gasteiger partial charge in [0.15, 0.2) is 5.78 Å². The van der Waals surface area contributed by atoms with Gasteiger partial charge < -0.3 is 10.5 Å². The number of anilines is 1. The lowest BCUT2D eigenvalue weighted by atomic mass is 10.1. The predicted molar refractivity (Wildman–Crippen MR) is 83.9 cm³/mol. The van der Waals surface area contributed by atoms with Crippen molar-refractivity contribution >= 4 is 23.2 Å². The van der Waals surface area contributed by atoms with Crippen molar-refractivity contribution in [3.8, 4) is 5.75 Å². The first kappa shape index (κ1) is 15.2. The molecule has 2 aromatic rings. The van der Waals surface area contributed by atoms with Crippen LogP contribution in [0.1, 0.15) is 15.9 Å². The van der Waals surface area contributed by atoms with Gasteiger partial charge in [0.05, 0.1) is 17.6 Å². The van der Waals surface area contributed by atoms with Crippen molar-refractivity contribution in [2.24, 2.45) is 0 Å². The van der Waals surface area contributed by atoms with Crippen LogP contribution < -0.4 is 10.5 Å². The molecule has 0 saturated heterocycles. The predicted octanol–water partition coefficient (Wildman–Crippen LogP) is 3.08. The lowest BCUT2D eigenvalue weighted by molar-refractivity contribution is -0.384. The van der Waals surface area contributed by atoms with Crippen molar-refractivity contribution in [3.05, 3.63) is 69.8 Å². The molecule has 112 valence electrons. The molecule has 0 aromatic heterocycles. The van der Waals surface area contributed by atoms with E-state index in [-0.39, 0.29) is 17.2 Å². The molecular formula is C16H14N2O4.